The Hall–Kier alpha value is -1.73. The lowest BCUT2D eigenvalue weighted by atomic mass is 10.1. The number of ether oxygens (including phenoxy) is 1. The number of hydrogen-bond donors (Lipinski definition) is 1. The molecule has 2 aromatic rings. The van der Waals surface area contributed by atoms with Gasteiger partial charge in [-0.3, -0.25) is 4.79 Å². The van der Waals surface area contributed by atoms with Crippen LogP contribution in [0.25, 0.3) is 11.4 Å². The highest BCUT2D eigenvalue weighted by atomic mass is 79.9. The fraction of sp³-hybridized carbons (Fsp3) is 0.438. The standard InChI is InChI=1S/C16H19BrN4O2/c1-10-18-15(20-19-10)11-3-4-13(14(17)9-11)16(22)21-7-5-12(23-2)6-8-21/h3-4,9,12H,5-8H2,1-2H3,(H,18,19,20). The van der Waals surface area contributed by atoms with Crippen LogP contribution < -0.4 is 0 Å². The van der Waals surface area contributed by atoms with Gasteiger partial charge in [-0.25, -0.2) is 0 Å². The maximum atomic E-state index is 12.7. The number of nitrogens with zero attached hydrogens (tertiary/aromatic N) is 3. The fourth-order valence-corrected chi connectivity index (χ4v) is 3.33. The van der Waals surface area contributed by atoms with E-state index >= 15 is 0 Å². The molecule has 122 valence electrons. The summed E-state index contributed by atoms with van der Waals surface area (Å²) in [5.74, 6) is 1.51. The van der Waals surface area contributed by atoms with E-state index in [-0.39, 0.29) is 12.0 Å². The van der Waals surface area contributed by atoms with Crippen LogP contribution >= 0.6 is 15.9 Å². The number of benzene rings is 1. The van der Waals surface area contributed by atoms with Crippen molar-refractivity contribution in [3.05, 3.63) is 34.1 Å². The molecule has 1 fully saturated rings. The molecule has 7 heteroatoms. The maximum absolute atomic E-state index is 12.7. The molecular weight excluding hydrogens is 360 g/mol. The zero-order valence-electron chi connectivity index (χ0n) is 13.2. The molecule has 1 aliphatic heterocycles. The van der Waals surface area contributed by atoms with Gasteiger partial charge in [0.25, 0.3) is 5.91 Å². The smallest absolute Gasteiger partial charge is 0.255 e. The van der Waals surface area contributed by atoms with Crippen molar-refractivity contribution in [3.63, 3.8) is 0 Å². The summed E-state index contributed by atoms with van der Waals surface area (Å²) in [6.07, 6.45) is 2.03. The molecular formula is C16H19BrN4O2. The van der Waals surface area contributed by atoms with E-state index in [1.165, 1.54) is 0 Å². The number of piperidine rings is 1. The fourth-order valence-electron chi connectivity index (χ4n) is 2.78. The molecule has 0 radical (unpaired) electrons. The molecule has 0 unspecified atom stereocenters. The van der Waals surface area contributed by atoms with Crippen LogP contribution in [-0.2, 0) is 4.74 Å². The molecule has 1 saturated heterocycles. The van der Waals surface area contributed by atoms with Gasteiger partial charge < -0.3 is 14.6 Å². The van der Waals surface area contributed by atoms with Crippen LogP contribution in [0.2, 0.25) is 0 Å². The van der Waals surface area contributed by atoms with Crippen LogP contribution in [0.4, 0.5) is 0 Å². The third-order valence-corrected chi connectivity index (χ3v) is 4.79. The highest BCUT2D eigenvalue weighted by molar-refractivity contribution is 9.10. The van der Waals surface area contributed by atoms with Gasteiger partial charge in [-0.2, -0.15) is 0 Å². The average Bonchev–Trinajstić information content (AvgIpc) is 3.01. The first kappa shape index (κ1) is 16.1. The van der Waals surface area contributed by atoms with Crippen LogP contribution in [0, 0.1) is 6.92 Å². The summed E-state index contributed by atoms with van der Waals surface area (Å²) in [5, 5.41) is 8.03. The van der Waals surface area contributed by atoms with E-state index in [1.54, 1.807) is 7.11 Å². The lowest BCUT2D eigenvalue weighted by molar-refractivity contribution is 0.0350. The number of aromatic nitrogens is 3. The zero-order valence-corrected chi connectivity index (χ0v) is 14.8. The Bertz CT molecular complexity index is 708. The van der Waals surface area contributed by atoms with E-state index in [1.807, 2.05) is 30.0 Å². The maximum Gasteiger partial charge on any atom is 0.255 e. The SMILES string of the molecule is COC1CCN(C(=O)c2ccc(-c3nnc(C)[nH]3)cc2Br)CC1. The van der Waals surface area contributed by atoms with Crippen molar-refractivity contribution in [2.24, 2.45) is 0 Å². The predicted molar refractivity (Wildman–Crippen MR) is 90.2 cm³/mol. The molecule has 1 amide bonds. The lowest BCUT2D eigenvalue weighted by Crippen LogP contribution is -2.40. The molecule has 1 aromatic carbocycles. The topological polar surface area (TPSA) is 71.1 Å². The minimum atomic E-state index is 0.0479. The van der Waals surface area contributed by atoms with E-state index < -0.39 is 0 Å². The van der Waals surface area contributed by atoms with Crippen LogP contribution in [0.1, 0.15) is 29.0 Å². The van der Waals surface area contributed by atoms with E-state index in [0.29, 0.717) is 11.4 Å². The Morgan fingerprint density at radius 1 is 1.35 bits per heavy atom. The Morgan fingerprint density at radius 3 is 2.65 bits per heavy atom. The first-order valence-corrected chi connectivity index (χ1v) is 8.39. The Balaban J connectivity index is 1.77. The molecule has 2 heterocycles. The molecule has 6 nitrogen and oxygen atoms in total. The third-order valence-electron chi connectivity index (χ3n) is 4.13. The second-order valence-electron chi connectivity index (χ2n) is 5.68. The first-order valence-electron chi connectivity index (χ1n) is 7.59. The number of amides is 1. The number of halogens is 1. The highest BCUT2D eigenvalue weighted by Crippen LogP contribution is 2.26. The Kier molecular flexibility index (Phi) is 4.77. The van der Waals surface area contributed by atoms with Gasteiger partial charge in [0.2, 0.25) is 0 Å². The van der Waals surface area contributed by atoms with Gasteiger partial charge in [0.05, 0.1) is 11.7 Å². The van der Waals surface area contributed by atoms with E-state index in [9.17, 15) is 4.79 Å². The molecule has 1 N–H and O–H groups in total. The summed E-state index contributed by atoms with van der Waals surface area (Å²) in [4.78, 5) is 17.7. The molecule has 0 saturated carbocycles. The number of carbonyl (C=O) groups excluding carboxylic acids is 1. The van der Waals surface area contributed by atoms with Crippen molar-refractivity contribution < 1.29 is 9.53 Å². The lowest BCUT2D eigenvalue weighted by Gasteiger charge is -2.31. The number of nitrogens with one attached hydrogen (secondary N) is 1. The van der Waals surface area contributed by atoms with Crippen molar-refractivity contribution in [2.45, 2.75) is 25.9 Å². The van der Waals surface area contributed by atoms with Crippen LogP contribution in [-0.4, -0.2) is 52.3 Å². The van der Waals surface area contributed by atoms with Gasteiger partial charge in [0.1, 0.15) is 5.82 Å². The summed E-state index contributed by atoms with van der Waals surface area (Å²) in [6.45, 7) is 3.31. The molecule has 1 aromatic heterocycles. The number of methoxy groups -OCH3 is 1. The minimum absolute atomic E-state index is 0.0479. The molecule has 3 rings (SSSR count). The molecule has 1 aliphatic rings. The minimum Gasteiger partial charge on any atom is -0.381 e. The van der Waals surface area contributed by atoms with E-state index in [4.69, 9.17) is 4.74 Å². The monoisotopic (exact) mass is 378 g/mol. The number of rotatable bonds is 3. The van der Waals surface area contributed by atoms with Gasteiger partial charge in [0, 0.05) is 30.2 Å². The predicted octanol–water partition coefficient (Wildman–Crippen LogP) is 2.79. The molecule has 0 spiro atoms. The van der Waals surface area contributed by atoms with Gasteiger partial charge in [-0.15, -0.1) is 10.2 Å². The molecule has 0 bridgehead atoms. The van der Waals surface area contributed by atoms with E-state index in [2.05, 4.69) is 31.1 Å². The van der Waals surface area contributed by atoms with Crippen molar-refractivity contribution in [2.75, 3.05) is 20.2 Å². The van der Waals surface area contributed by atoms with Crippen molar-refractivity contribution in [1.29, 1.82) is 0 Å². The molecule has 23 heavy (non-hydrogen) atoms. The number of aryl methyl sites for hydroxylation is 1. The highest BCUT2D eigenvalue weighted by Gasteiger charge is 2.24. The zero-order chi connectivity index (χ0) is 16.4. The van der Waals surface area contributed by atoms with E-state index in [0.717, 1.165) is 41.8 Å². The quantitative estimate of drug-likeness (QED) is 0.891. The van der Waals surface area contributed by atoms with Crippen LogP contribution in [0.5, 0.6) is 0 Å². The number of aromatic amines is 1. The first-order chi connectivity index (χ1) is 11.1. The number of hydrogen-bond acceptors (Lipinski definition) is 4. The van der Waals surface area contributed by atoms with Crippen LogP contribution in [0.3, 0.4) is 0 Å². The molecule has 0 atom stereocenters. The summed E-state index contributed by atoms with van der Waals surface area (Å²) >= 11 is 3.51. The second kappa shape index (κ2) is 6.80. The number of likely N-dealkylation sites (tertiary alicyclic amines) is 1. The summed E-state index contributed by atoms with van der Waals surface area (Å²) in [7, 11) is 1.72. The van der Waals surface area contributed by atoms with Gasteiger partial charge >= 0.3 is 0 Å². The normalized spacial score (nSPS) is 15.9. The van der Waals surface area contributed by atoms with Gasteiger partial charge in [0.15, 0.2) is 5.82 Å². The molecule has 0 aliphatic carbocycles. The Labute approximate surface area is 143 Å². The Morgan fingerprint density at radius 2 is 2.09 bits per heavy atom. The largest absolute Gasteiger partial charge is 0.381 e. The summed E-state index contributed by atoms with van der Waals surface area (Å²) < 4.78 is 6.12. The summed E-state index contributed by atoms with van der Waals surface area (Å²) in [5.41, 5.74) is 1.56. The third kappa shape index (κ3) is 3.45. The van der Waals surface area contributed by atoms with Crippen molar-refractivity contribution >= 4 is 21.8 Å². The number of carbonyl (C=O) groups is 1. The average molecular weight is 379 g/mol. The summed E-state index contributed by atoms with van der Waals surface area (Å²) in [6, 6.07) is 5.62. The van der Waals surface area contributed by atoms with Crippen molar-refractivity contribution in [3.8, 4) is 11.4 Å². The van der Waals surface area contributed by atoms with Gasteiger partial charge in [-0.1, -0.05) is 6.07 Å². The van der Waals surface area contributed by atoms with Crippen LogP contribution in [0.15, 0.2) is 22.7 Å². The second-order valence-corrected chi connectivity index (χ2v) is 6.54. The van der Waals surface area contributed by atoms with Gasteiger partial charge in [-0.05, 0) is 47.8 Å². The van der Waals surface area contributed by atoms with Crippen molar-refractivity contribution in [1.82, 2.24) is 20.1 Å². The number of H-pyrrole nitrogens is 1.